The van der Waals surface area contributed by atoms with Crippen LogP contribution < -0.4 is 10.2 Å². The molecule has 0 aliphatic carbocycles. The van der Waals surface area contributed by atoms with Crippen LogP contribution in [0.3, 0.4) is 0 Å². The Labute approximate surface area is 162 Å². The van der Waals surface area contributed by atoms with Crippen LogP contribution in [0.15, 0.2) is 59.6 Å². The van der Waals surface area contributed by atoms with E-state index in [1.807, 2.05) is 0 Å². The predicted octanol–water partition coefficient (Wildman–Crippen LogP) is 2.40. The van der Waals surface area contributed by atoms with E-state index in [0.29, 0.717) is 0 Å². The smallest absolute Gasteiger partial charge is 0.194 e. The van der Waals surface area contributed by atoms with Crippen LogP contribution in [0.2, 0.25) is 0 Å². The molecule has 0 unspecified atom stereocenters. The molecule has 0 bridgehead atoms. The molecule has 2 aliphatic rings. The number of hydrogen-bond acceptors (Lipinski definition) is 5. The van der Waals surface area contributed by atoms with Gasteiger partial charge in [-0.25, -0.2) is 0 Å². The number of nitrogens with zero attached hydrogens (tertiary/aromatic N) is 4. The number of likely N-dealkylation sites (N-methyl/N-ethyl adjacent to an activating group) is 1. The maximum Gasteiger partial charge on any atom is 0.194 e. The zero-order chi connectivity index (χ0) is 18.5. The summed E-state index contributed by atoms with van der Waals surface area (Å²) < 4.78 is 0. The normalized spacial score (nSPS) is 17.9. The maximum absolute atomic E-state index is 4.53. The van der Waals surface area contributed by atoms with Gasteiger partial charge >= 0.3 is 0 Å². The third-order valence-corrected chi connectivity index (χ3v) is 5.50. The minimum atomic E-state index is 0.837. The Morgan fingerprint density at radius 3 is 2.26 bits per heavy atom. The molecule has 2 aliphatic heterocycles. The lowest BCUT2D eigenvalue weighted by atomic mass is 10.1. The molecule has 1 saturated heterocycles. The van der Waals surface area contributed by atoms with Crippen LogP contribution in [-0.2, 0) is 13.1 Å². The number of aliphatic imine (C=N–C) groups is 1. The summed E-state index contributed by atoms with van der Waals surface area (Å²) in [6.07, 6.45) is 0. The Morgan fingerprint density at radius 1 is 0.852 bits per heavy atom. The molecule has 0 radical (unpaired) electrons. The second-order valence-corrected chi connectivity index (χ2v) is 7.35. The zero-order valence-electron chi connectivity index (χ0n) is 16.1. The molecule has 2 aromatic rings. The molecular weight excluding hydrogens is 334 g/mol. The van der Waals surface area contributed by atoms with Crippen molar-refractivity contribution in [2.45, 2.75) is 13.1 Å². The van der Waals surface area contributed by atoms with E-state index in [1.165, 1.54) is 16.8 Å². The van der Waals surface area contributed by atoms with Crippen LogP contribution in [0, 0.1) is 0 Å². The highest BCUT2D eigenvalue weighted by atomic mass is 15.3. The molecule has 0 amide bonds. The van der Waals surface area contributed by atoms with Crippen LogP contribution in [0.25, 0.3) is 0 Å². The summed E-state index contributed by atoms with van der Waals surface area (Å²) >= 11 is 0. The van der Waals surface area contributed by atoms with Crippen molar-refractivity contribution in [3.63, 3.8) is 0 Å². The Kier molecular flexibility index (Phi) is 5.58. The van der Waals surface area contributed by atoms with Crippen molar-refractivity contribution in [3.8, 4) is 0 Å². The third kappa shape index (κ3) is 4.42. The molecule has 0 atom stereocenters. The van der Waals surface area contributed by atoms with Crippen molar-refractivity contribution in [1.82, 2.24) is 15.1 Å². The first-order chi connectivity index (χ1) is 13.3. The number of hydrogen-bond donors (Lipinski definition) is 1. The summed E-state index contributed by atoms with van der Waals surface area (Å²) in [6, 6.07) is 19.5. The lowest BCUT2D eigenvalue weighted by molar-refractivity contribution is 0.249. The van der Waals surface area contributed by atoms with E-state index in [2.05, 4.69) is 86.7 Å². The maximum atomic E-state index is 4.53. The first-order valence-electron chi connectivity index (χ1n) is 9.88. The average Bonchev–Trinajstić information content (AvgIpc) is 3.13. The van der Waals surface area contributed by atoms with E-state index < -0.39 is 0 Å². The topological polar surface area (TPSA) is 34.1 Å². The van der Waals surface area contributed by atoms with Crippen molar-refractivity contribution in [2.75, 3.05) is 51.2 Å². The monoisotopic (exact) mass is 363 g/mol. The fraction of sp³-hybridized carbons (Fsp3) is 0.409. The molecule has 1 N–H and O–H groups in total. The Hall–Kier alpha value is -2.53. The molecule has 4 rings (SSSR count). The number of piperazine rings is 1. The number of para-hydroxylation sites is 1. The molecule has 2 heterocycles. The summed E-state index contributed by atoms with van der Waals surface area (Å²) in [5.74, 6) is 1.02. The number of guanidine groups is 1. The van der Waals surface area contributed by atoms with Crippen LogP contribution in [-0.4, -0.2) is 62.1 Å². The molecule has 0 spiro atoms. The van der Waals surface area contributed by atoms with Crippen LogP contribution in [0.5, 0.6) is 0 Å². The van der Waals surface area contributed by atoms with E-state index in [0.717, 1.165) is 58.3 Å². The molecular formula is C22H29N5. The van der Waals surface area contributed by atoms with Gasteiger partial charge in [0.2, 0.25) is 0 Å². The lowest BCUT2D eigenvalue weighted by Crippen LogP contribution is -2.46. The number of rotatable bonds is 5. The van der Waals surface area contributed by atoms with Crippen molar-refractivity contribution in [3.05, 3.63) is 65.7 Å². The number of nitrogens with one attached hydrogen (secondary N) is 1. The van der Waals surface area contributed by atoms with Gasteiger partial charge in [0.15, 0.2) is 5.96 Å². The van der Waals surface area contributed by atoms with Crippen LogP contribution in [0.4, 0.5) is 5.69 Å². The summed E-state index contributed by atoms with van der Waals surface area (Å²) in [5, 5.41) is 3.50. The van der Waals surface area contributed by atoms with Gasteiger partial charge in [-0.2, -0.15) is 0 Å². The minimum absolute atomic E-state index is 0.837. The Morgan fingerprint density at radius 2 is 1.56 bits per heavy atom. The number of anilines is 1. The summed E-state index contributed by atoms with van der Waals surface area (Å²) in [7, 11) is 2.09. The number of benzene rings is 2. The van der Waals surface area contributed by atoms with Gasteiger partial charge in [-0.1, -0.05) is 42.5 Å². The lowest BCUT2D eigenvalue weighted by Gasteiger charge is -2.36. The molecule has 5 nitrogen and oxygen atoms in total. The standard InChI is InChI=1S/C22H29N5/c1-25-12-11-23-22(25)24-17-19-7-5-6-8-20(19)18-26-13-15-27(16-14-26)21-9-3-2-4-10-21/h2-10H,11-18H2,1H3,(H,23,24). The zero-order valence-corrected chi connectivity index (χ0v) is 16.1. The molecule has 5 heteroatoms. The van der Waals surface area contributed by atoms with Gasteiger partial charge in [0.25, 0.3) is 0 Å². The van der Waals surface area contributed by atoms with Gasteiger partial charge in [0.1, 0.15) is 0 Å². The first kappa shape index (κ1) is 17.9. The van der Waals surface area contributed by atoms with E-state index >= 15 is 0 Å². The van der Waals surface area contributed by atoms with Crippen LogP contribution in [0.1, 0.15) is 11.1 Å². The van der Waals surface area contributed by atoms with E-state index in [1.54, 1.807) is 0 Å². The van der Waals surface area contributed by atoms with Gasteiger partial charge in [-0.15, -0.1) is 0 Å². The fourth-order valence-corrected chi connectivity index (χ4v) is 3.83. The van der Waals surface area contributed by atoms with Crippen molar-refractivity contribution >= 4 is 11.6 Å². The fourth-order valence-electron chi connectivity index (χ4n) is 3.83. The quantitative estimate of drug-likeness (QED) is 0.885. The average molecular weight is 364 g/mol. The van der Waals surface area contributed by atoms with Crippen molar-refractivity contribution < 1.29 is 0 Å². The summed E-state index contributed by atoms with van der Waals surface area (Å²) in [4.78, 5) is 11.8. The van der Waals surface area contributed by atoms with Gasteiger partial charge in [-0.3, -0.25) is 9.89 Å². The second kappa shape index (κ2) is 8.44. The largest absolute Gasteiger partial charge is 0.369 e. The molecule has 0 aromatic heterocycles. The molecule has 27 heavy (non-hydrogen) atoms. The van der Waals surface area contributed by atoms with Gasteiger partial charge < -0.3 is 15.1 Å². The van der Waals surface area contributed by atoms with E-state index in [-0.39, 0.29) is 0 Å². The first-order valence-corrected chi connectivity index (χ1v) is 9.88. The van der Waals surface area contributed by atoms with Gasteiger partial charge in [0.05, 0.1) is 6.54 Å². The van der Waals surface area contributed by atoms with Crippen molar-refractivity contribution in [1.29, 1.82) is 0 Å². The van der Waals surface area contributed by atoms with Gasteiger partial charge in [0, 0.05) is 58.5 Å². The third-order valence-electron chi connectivity index (χ3n) is 5.50. The van der Waals surface area contributed by atoms with E-state index in [4.69, 9.17) is 0 Å². The molecule has 142 valence electrons. The Balaban J connectivity index is 1.33. The van der Waals surface area contributed by atoms with E-state index in [9.17, 15) is 0 Å². The van der Waals surface area contributed by atoms with Crippen molar-refractivity contribution in [2.24, 2.45) is 4.99 Å². The predicted molar refractivity (Wildman–Crippen MR) is 112 cm³/mol. The summed E-state index contributed by atoms with van der Waals surface area (Å²) in [5.41, 5.74) is 4.12. The second-order valence-electron chi connectivity index (χ2n) is 7.35. The molecule has 2 aromatic carbocycles. The highest BCUT2D eigenvalue weighted by Gasteiger charge is 2.18. The SMILES string of the molecule is CN1CCN=C1NCc1ccccc1CN1CCN(c2ccccc2)CC1. The highest BCUT2D eigenvalue weighted by molar-refractivity contribution is 5.81. The van der Waals surface area contributed by atoms with Crippen LogP contribution >= 0.6 is 0 Å². The summed E-state index contributed by atoms with van der Waals surface area (Å²) in [6.45, 7) is 8.14. The minimum Gasteiger partial charge on any atom is -0.369 e. The Bertz CT molecular complexity index is 765. The van der Waals surface area contributed by atoms with Gasteiger partial charge in [-0.05, 0) is 23.3 Å². The molecule has 0 saturated carbocycles. The molecule has 1 fully saturated rings. The highest BCUT2D eigenvalue weighted by Crippen LogP contribution is 2.18.